The van der Waals surface area contributed by atoms with Crippen LogP contribution in [-0.2, 0) is 10.0 Å². The summed E-state index contributed by atoms with van der Waals surface area (Å²) >= 11 is 0. The first kappa shape index (κ1) is 18.0. The summed E-state index contributed by atoms with van der Waals surface area (Å²) in [5.41, 5.74) is 3.29. The lowest BCUT2D eigenvalue weighted by atomic mass is 10.0. The molecule has 0 spiro atoms. The first-order valence-corrected chi connectivity index (χ1v) is 10.2. The number of hydrogen-bond donors (Lipinski definition) is 0. The lowest BCUT2D eigenvalue weighted by Crippen LogP contribution is -2.48. The highest BCUT2D eigenvalue weighted by atomic mass is 32.2. The minimum Gasteiger partial charge on any atom is -0.369 e. The summed E-state index contributed by atoms with van der Waals surface area (Å²) in [6.07, 6.45) is 0. The highest BCUT2D eigenvalue weighted by Crippen LogP contribution is 2.24. The van der Waals surface area contributed by atoms with Crippen LogP contribution in [0.15, 0.2) is 53.4 Å². The maximum atomic E-state index is 12.9. The Labute approximate surface area is 151 Å². The molecule has 3 rings (SSSR count). The van der Waals surface area contributed by atoms with Crippen molar-refractivity contribution in [3.05, 3.63) is 59.7 Å². The number of aryl methyl sites for hydroxylation is 1. The first-order valence-electron chi connectivity index (χ1n) is 8.80. The van der Waals surface area contributed by atoms with Gasteiger partial charge in [0, 0.05) is 31.9 Å². The van der Waals surface area contributed by atoms with Crippen LogP contribution in [-0.4, -0.2) is 38.9 Å². The van der Waals surface area contributed by atoms with E-state index in [4.69, 9.17) is 0 Å². The summed E-state index contributed by atoms with van der Waals surface area (Å²) in [7, 11) is -3.41. The predicted octanol–water partition coefficient (Wildman–Crippen LogP) is 3.63. The van der Waals surface area contributed by atoms with Gasteiger partial charge in [-0.15, -0.1) is 0 Å². The fraction of sp³-hybridized carbons (Fsp3) is 0.400. The minimum atomic E-state index is -3.41. The van der Waals surface area contributed by atoms with Crippen molar-refractivity contribution in [2.75, 3.05) is 31.1 Å². The second kappa shape index (κ2) is 7.18. The first-order chi connectivity index (χ1) is 11.9. The maximum absolute atomic E-state index is 12.9. The number of nitrogens with zero attached hydrogens (tertiary/aromatic N) is 2. The smallest absolute Gasteiger partial charge is 0.243 e. The molecular weight excluding hydrogens is 332 g/mol. The Hall–Kier alpha value is -1.85. The Bertz CT molecular complexity index is 821. The summed E-state index contributed by atoms with van der Waals surface area (Å²) in [4.78, 5) is 2.68. The van der Waals surface area contributed by atoms with Crippen LogP contribution in [0.2, 0.25) is 0 Å². The zero-order valence-electron chi connectivity index (χ0n) is 15.1. The second-order valence-electron chi connectivity index (χ2n) is 6.90. The van der Waals surface area contributed by atoms with Crippen molar-refractivity contribution in [2.24, 2.45) is 0 Å². The molecule has 0 aliphatic carbocycles. The third kappa shape index (κ3) is 3.72. The van der Waals surface area contributed by atoms with Crippen LogP contribution >= 0.6 is 0 Å². The van der Waals surface area contributed by atoms with E-state index in [-0.39, 0.29) is 0 Å². The Morgan fingerprint density at radius 3 is 2.04 bits per heavy atom. The van der Waals surface area contributed by atoms with Gasteiger partial charge >= 0.3 is 0 Å². The third-order valence-corrected chi connectivity index (χ3v) is 6.93. The molecule has 0 atom stereocenters. The number of anilines is 1. The summed E-state index contributed by atoms with van der Waals surface area (Å²) in [5, 5.41) is 0. The van der Waals surface area contributed by atoms with Gasteiger partial charge in [-0.2, -0.15) is 4.31 Å². The highest BCUT2D eigenvalue weighted by Gasteiger charge is 2.29. The Morgan fingerprint density at radius 2 is 1.48 bits per heavy atom. The van der Waals surface area contributed by atoms with Gasteiger partial charge in [-0.1, -0.05) is 44.2 Å². The van der Waals surface area contributed by atoms with Crippen molar-refractivity contribution in [1.29, 1.82) is 0 Å². The van der Waals surface area contributed by atoms with Gasteiger partial charge in [-0.25, -0.2) is 8.42 Å². The van der Waals surface area contributed by atoms with Gasteiger partial charge < -0.3 is 4.90 Å². The standard InChI is InChI=1S/C20H26N2O2S/c1-16(2)18-8-10-19(11-9-18)21-12-14-22(15-13-21)25(23,24)20-7-5-4-6-17(20)3/h4-11,16H,12-15H2,1-3H3. The molecule has 0 N–H and O–H groups in total. The van der Waals surface area contributed by atoms with Gasteiger partial charge in [-0.3, -0.25) is 0 Å². The van der Waals surface area contributed by atoms with E-state index in [9.17, 15) is 8.42 Å². The van der Waals surface area contributed by atoms with Crippen molar-refractivity contribution in [1.82, 2.24) is 4.31 Å². The summed E-state index contributed by atoms with van der Waals surface area (Å²) in [6.45, 7) is 8.68. The minimum absolute atomic E-state index is 0.421. The normalized spacial score (nSPS) is 16.4. The van der Waals surface area contributed by atoms with E-state index in [0.717, 1.165) is 11.3 Å². The van der Waals surface area contributed by atoms with E-state index in [1.807, 2.05) is 19.1 Å². The molecule has 2 aromatic rings. The largest absolute Gasteiger partial charge is 0.369 e. The van der Waals surface area contributed by atoms with Crippen LogP contribution < -0.4 is 4.90 Å². The fourth-order valence-electron chi connectivity index (χ4n) is 3.24. The Balaban J connectivity index is 1.70. The van der Waals surface area contributed by atoms with Gasteiger partial charge in [0.2, 0.25) is 10.0 Å². The zero-order chi connectivity index (χ0) is 18.0. The van der Waals surface area contributed by atoms with Crippen molar-refractivity contribution in [2.45, 2.75) is 31.6 Å². The topological polar surface area (TPSA) is 40.6 Å². The lowest BCUT2D eigenvalue weighted by molar-refractivity contribution is 0.384. The summed E-state index contributed by atoms with van der Waals surface area (Å²) in [6, 6.07) is 15.8. The lowest BCUT2D eigenvalue weighted by Gasteiger charge is -2.35. The third-order valence-electron chi connectivity index (χ3n) is 4.87. The van der Waals surface area contributed by atoms with Gasteiger partial charge in [0.1, 0.15) is 0 Å². The van der Waals surface area contributed by atoms with Crippen LogP contribution in [0.5, 0.6) is 0 Å². The molecule has 0 aromatic heterocycles. The van der Waals surface area contributed by atoms with E-state index in [1.54, 1.807) is 16.4 Å². The average Bonchev–Trinajstić information content (AvgIpc) is 2.62. The van der Waals surface area contributed by atoms with Crippen molar-refractivity contribution in [3.63, 3.8) is 0 Å². The van der Waals surface area contributed by atoms with E-state index >= 15 is 0 Å². The van der Waals surface area contributed by atoms with Crippen molar-refractivity contribution in [3.8, 4) is 0 Å². The number of sulfonamides is 1. The van der Waals surface area contributed by atoms with Gasteiger partial charge in [-0.05, 0) is 42.2 Å². The molecule has 1 saturated heterocycles. The van der Waals surface area contributed by atoms with Crippen LogP contribution in [0.25, 0.3) is 0 Å². The van der Waals surface area contributed by atoms with Gasteiger partial charge in [0.25, 0.3) is 0 Å². The maximum Gasteiger partial charge on any atom is 0.243 e. The van der Waals surface area contributed by atoms with Crippen LogP contribution in [0, 0.1) is 6.92 Å². The Kier molecular flexibility index (Phi) is 5.16. The number of benzene rings is 2. The van der Waals surface area contributed by atoms with E-state index < -0.39 is 10.0 Å². The van der Waals surface area contributed by atoms with E-state index in [2.05, 4.69) is 43.0 Å². The van der Waals surface area contributed by atoms with Crippen molar-refractivity contribution >= 4 is 15.7 Å². The van der Waals surface area contributed by atoms with Crippen LogP contribution in [0.4, 0.5) is 5.69 Å². The molecule has 1 heterocycles. The average molecular weight is 359 g/mol. The van der Waals surface area contributed by atoms with E-state index in [0.29, 0.717) is 37.0 Å². The molecule has 0 bridgehead atoms. The second-order valence-corrected chi connectivity index (χ2v) is 8.81. The molecule has 1 aliphatic rings. The van der Waals surface area contributed by atoms with Gasteiger partial charge in [0.05, 0.1) is 4.90 Å². The summed E-state index contributed by atoms with van der Waals surface area (Å²) < 4.78 is 27.4. The SMILES string of the molecule is Cc1ccccc1S(=O)(=O)N1CCN(c2ccc(C(C)C)cc2)CC1. The van der Waals surface area contributed by atoms with Gasteiger partial charge in [0.15, 0.2) is 0 Å². The molecule has 25 heavy (non-hydrogen) atoms. The molecule has 0 unspecified atom stereocenters. The zero-order valence-corrected chi connectivity index (χ0v) is 16.0. The molecule has 0 amide bonds. The monoisotopic (exact) mass is 358 g/mol. The predicted molar refractivity (Wildman–Crippen MR) is 103 cm³/mol. The molecule has 2 aromatic carbocycles. The molecule has 1 fully saturated rings. The summed E-state index contributed by atoms with van der Waals surface area (Å²) in [5.74, 6) is 0.519. The van der Waals surface area contributed by atoms with Crippen molar-refractivity contribution < 1.29 is 8.42 Å². The molecule has 0 radical (unpaired) electrons. The number of hydrogen-bond acceptors (Lipinski definition) is 3. The highest BCUT2D eigenvalue weighted by molar-refractivity contribution is 7.89. The number of piperazine rings is 1. The number of rotatable bonds is 4. The molecule has 134 valence electrons. The fourth-order valence-corrected chi connectivity index (χ4v) is 4.89. The van der Waals surface area contributed by atoms with E-state index in [1.165, 1.54) is 5.56 Å². The molecular formula is C20H26N2O2S. The molecule has 0 saturated carbocycles. The Morgan fingerprint density at radius 1 is 0.880 bits per heavy atom. The molecule has 1 aliphatic heterocycles. The van der Waals surface area contributed by atoms with Crippen LogP contribution in [0.1, 0.15) is 30.9 Å². The van der Waals surface area contributed by atoms with Crippen LogP contribution in [0.3, 0.4) is 0 Å². The quantitative estimate of drug-likeness (QED) is 0.838. The molecule has 5 heteroatoms. The molecule has 4 nitrogen and oxygen atoms in total.